The summed E-state index contributed by atoms with van der Waals surface area (Å²) in [6.07, 6.45) is 4.42. The zero-order valence-electron chi connectivity index (χ0n) is 10.4. The van der Waals surface area contributed by atoms with Gasteiger partial charge in [0, 0.05) is 19.0 Å². The van der Waals surface area contributed by atoms with E-state index in [4.69, 9.17) is 5.73 Å². The Morgan fingerprint density at radius 1 is 1.35 bits per heavy atom. The van der Waals surface area contributed by atoms with Crippen LogP contribution in [0, 0.1) is 5.92 Å². The summed E-state index contributed by atoms with van der Waals surface area (Å²) in [4.78, 5) is 24.8. The zero-order valence-corrected chi connectivity index (χ0v) is 10.4. The zero-order chi connectivity index (χ0) is 12.8. The van der Waals surface area contributed by atoms with Crippen LogP contribution in [-0.4, -0.2) is 41.0 Å². The van der Waals surface area contributed by atoms with Gasteiger partial charge in [-0.25, -0.2) is 4.79 Å². The van der Waals surface area contributed by atoms with Crippen molar-refractivity contribution in [3.63, 3.8) is 0 Å². The molecule has 1 aliphatic rings. The van der Waals surface area contributed by atoms with Crippen molar-refractivity contribution in [1.29, 1.82) is 0 Å². The second-order valence-electron chi connectivity index (χ2n) is 4.73. The number of carboxylic acids is 1. The van der Waals surface area contributed by atoms with Crippen molar-refractivity contribution in [1.82, 2.24) is 4.90 Å². The molecule has 0 spiro atoms. The van der Waals surface area contributed by atoms with Crippen molar-refractivity contribution in [2.75, 3.05) is 13.1 Å². The highest BCUT2D eigenvalue weighted by Crippen LogP contribution is 2.18. The van der Waals surface area contributed by atoms with E-state index in [0.29, 0.717) is 13.0 Å². The van der Waals surface area contributed by atoms with Crippen LogP contribution in [0.15, 0.2) is 0 Å². The molecule has 0 aromatic heterocycles. The Morgan fingerprint density at radius 2 is 2.00 bits per heavy atom. The molecule has 0 aromatic carbocycles. The Bertz CT molecular complexity index is 281. The summed E-state index contributed by atoms with van der Waals surface area (Å²) in [6, 6.07) is -0.670. The van der Waals surface area contributed by atoms with Gasteiger partial charge in [-0.2, -0.15) is 0 Å². The van der Waals surface area contributed by atoms with E-state index in [1.54, 1.807) is 6.92 Å². The molecule has 0 saturated carbocycles. The number of hydrogen-bond acceptors (Lipinski definition) is 3. The molecule has 1 rings (SSSR count). The minimum absolute atomic E-state index is 0.123. The molecule has 0 bridgehead atoms. The van der Waals surface area contributed by atoms with Crippen LogP contribution in [0.2, 0.25) is 0 Å². The van der Waals surface area contributed by atoms with Gasteiger partial charge >= 0.3 is 5.97 Å². The van der Waals surface area contributed by atoms with E-state index < -0.39 is 12.0 Å². The van der Waals surface area contributed by atoms with Crippen molar-refractivity contribution in [2.45, 2.75) is 45.1 Å². The summed E-state index contributed by atoms with van der Waals surface area (Å²) in [5, 5.41) is 9.20. The molecule has 1 saturated heterocycles. The first kappa shape index (κ1) is 14.0. The van der Waals surface area contributed by atoms with Gasteiger partial charge in [-0.05, 0) is 12.8 Å². The number of nitrogens with zero attached hydrogens (tertiary/aromatic N) is 1. The normalized spacial score (nSPS) is 23.6. The first-order chi connectivity index (χ1) is 8.07. The summed E-state index contributed by atoms with van der Waals surface area (Å²) in [5.41, 5.74) is 5.48. The third-order valence-corrected chi connectivity index (χ3v) is 3.35. The van der Waals surface area contributed by atoms with E-state index in [1.807, 2.05) is 0 Å². The molecule has 1 fully saturated rings. The highest BCUT2D eigenvalue weighted by molar-refractivity contribution is 5.85. The van der Waals surface area contributed by atoms with Crippen molar-refractivity contribution in [3.8, 4) is 0 Å². The molecular weight excluding hydrogens is 220 g/mol. The number of rotatable bonds is 3. The minimum Gasteiger partial charge on any atom is -0.480 e. The van der Waals surface area contributed by atoms with Crippen molar-refractivity contribution in [2.24, 2.45) is 11.7 Å². The average Bonchev–Trinajstić information content (AvgIpc) is 2.26. The fourth-order valence-electron chi connectivity index (χ4n) is 2.19. The number of carbonyl (C=O) groups is 2. The van der Waals surface area contributed by atoms with E-state index in [-0.39, 0.29) is 18.4 Å². The Hall–Kier alpha value is -1.10. The number of amides is 1. The van der Waals surface area contributed by atoms with Gasteiger partial charge in [-0.1, -0.05) is 26.2 Å². The van der Waals surface area contributed by atoms with E-state index in [0.717, 1.165) is 25.7 Å². The van der Waals surface area contributed by atoms with Crippen LogP contribution in [-0.2, 0) is 9.59 Å². The second kappa shape index (κ2) is 6.59. The van der Waals surface area contributed by atoms with Gasteiger partial charge in [0.1, 0.15) is 6.04 Å². The largest absolute Gasteiger partial charge is 0.480 e. The first-order valence-corrected chi connectivity index (χ1v) is 6.31. The molecular formula is C12H22N2O3. The lowest BCUT2D eigenvalue weighted by Crippen LogP contribution is -2.49. The van der Waals surface area contributed by atoms with Gasteiger partial charge in [0.25, 0.3) is 0 Å². The smallest absolute Gasteiger partial charge is 0.326 e. The quantitative estimate of drug-likeness (QED) is 0.767. The van der Waals surface area contributed by atoms with Gasteiger partial charge in [-0.15, -0.1) is 0 Å². The Balaban J connectivity index is 2.79. The fourth-order valence-corrected chi connectivity index (χ4v) is 2.19. The van der Waals surface area contributed by atoms with Crippen LogP contribution in [0.5, 0.6) is 0 Å². The summed E-state index contributed by atoms with van der Waals surface area (Å²) >= 11 is 0. The van der Waals surface area contributed by atoms with Crippen LogP contribution >= 0.6 is 0 Å². The van der Waals surface area contributed by atoms with Gasteiger partial charge in [-0.3, -0.25) is 4.79 Å². The predicted octanol–water partition coefficient (Wildman–Crippen LogP) is 0.827. The maximum Gasteiger partial charge on any atom is 0.326 e. The minimum atomic E-state index is -0.899. The number of carboxylic acid groups (broad SMARTS) is 1. The SMILES string of the molecule is CC(CN)C(=O)N1CCCCCCC1C(=O)O. The monoisotopic (exact) mass is 242 g/mol. The Labute approximate surface area is 102 Å². The topological polar surface area (TPSA) is 83.6 Å². The molecule has 1 amide bonds. The number of hydrogen-bond donors (Lipinski definition) is 2. The van der Waals surface area contributed by atoms with Gasteiger partial charge in [0.05, 0.1) is 0 Å². The van der Waals surface area contributed by atoms with E-state index in [9.17, 15) is 14.7 Å². The Kier molecular flexibility index (Phi) is 5.41. The third-order valence-electron chi connectivity index (χ3n) is 3.35. The molecule has 2 atom stereocenters. The number of likely N-dealkylation sites (tertiary alicyclic amines) is 1. The van der Waals surface area contributed by atoms with Crippen LogP contribution in [0.3, 0.4) is 0 Å². The summed E-state index contributed by atoms with van der Waals surface area (Å²) < 4.78 is 0. The van der Waals surface area contributed by atoms with Crippen LogP contribution < -0.4 is 5.73 Å². The molecule has 3 N–H and O–H groups in total. The van der Waals surface area contributed by atoms with Gasteiger partial charge in [0.2, 0.25) is 5.91 Å². The molecule has 0 aliphatic carbocycles. The lowest BCUT2D eigenvalue weighted by Gasteiger charge is -2.32. The van der Waals surface area contributed by atoms with Crippen molar-refractivity contribution < 1.29 is 14.7 Å². The van der Waals surface area contributed by atoms with Gasteiger partial charge in [0.15, 0.2) is 0 Å². The standard InChI is InChI=1S/C12H22N2O3/c1-9(8-13)11(15)14-7-5-3-2-4-6-10(14)12(16)17/h9-10H,2-8,13H2,1H3,(H,16,17). The third kappa shape index (κ3) is 3.70. The summed E-state index contributed by atoms with van der Waals surface area (Å²) in [7, 11) is 0. The van der Waals surface area contributed by atoms with E-state index in [2.05, 4.69) is 0 Å². The molecule has 1 heterocycles. The highest BCUT2D eigenvalue weighted by Gasteiger charge is 2.31. The van der Waals surface area contributed by atoms with Crippen molar-refractivity contribution >= 4 is 11.9 Å². The molecule has 2 unspecified atom stereocenters. The summed E-state index contributed by atoms with van der Waals surface area (Å²) in [5.74, 6) is -1.32. The highest BCUT2D eigenvalue weighted by atomic mass is 16.4. The van der Waals surface area contributed by atoms with Crippen LogP contribution in [0.1, 0.15) is 39.0 Å². The molecule has 17 heavy (non-hydrogen) atoms. The van der Waals surface area contributed by atoms with Crippen molar-refractivity contribution in [3.05, 3.63) is 0 Å². The molecule has 5 nitrogen and oxygen atoms in total. The van der Waals surface area contributed by atoms with E-state index in [1.165, 1.54) is 4.90 Å². The average molecular weight is 242 g/mol. The van der Waals surface area contributed by atoms with E-state index >= 15 is 0 Å². The van der Waals surface area contributed by atoms with Crippen LogP contribution in [0.4, 0.5) is 0 Å². The number of nitrogens with two attached hydrogens (primary N) is 1. The molecule has 5 heteroatoms. The maximum atomic E-state index is 12.1. The van der Waals surface area contributed by atoms with Gasteiger partial charge < -0.3 is 15.7 Å². The second-order valence-corrected chi connectivity index (χ2v) is 4.73. The lowest BCUT2D eigenvalue weighted by molar-refractivity contribution is -0.152. The maximum absolute atomic E-state index is 12.1. The number of carbonyl (C=O) groups excluding carboxylic acids is 1. The lowest BCUT2D eigenvalue weighted by atomic mass is 10.00. The Morgan fingerprint density at radius 3 is 2.59 bits per heavy atom. The summed E-state index contributed by atoms with van der Waals surface area (Å²) in [6.45, 7) is 2.56. The first-order valence-electron chi connectivity index (χ1n) is 6.31. The predicted molar refractivity (Wildman–Crippen MR) is 64.4 cm³/mol. The molecule has 1 aliphatic heterocycles. The number of aliphatic carboxylic acids is 1. The molecule has 0 radical (unpaired) electrons. The molecule has 0 aromatic rings. The van der Waals surface area contributed by atoms with Crippen LogP contribution in [0.25, 0.3) is 0 Å². The fraction of sp³-hybridized carbons (Fsp3) is 0.833. The molecule has 98 valence electrons.